The highest BCUT2D eigenvalue weighted by atomic mass is 16.4. The summed E-state index contributed by atoms with van der Waals surface area (Å²) in [6.07, 6.45) is 0. The van der Waals surface area contributed by atoms with Gasteiger partial charge in [-0.1, -0.05) is 93.6 Å². The summed E-state index contributed by atoms with van der Waals surface area (Å²) in [6.45, 7) is 6.39. The molecule has 1 aliphatic heterocycles. The Hall–Kier alpha value is -4.71. The second-order valence-electron chi connectivity index (χ2n) is 10.9. The van der Waals surface area contributed by atoms with Gasteiger partial charge in [-0.25, -0.2) is 4.79 Å². The predicted octanol–water partition coefficient (Wildman–Crippen LogP) is 6.46. The van der Waals surface area contributed by atoms with Crippen LogP contribution in [0.25, 0.3) is 16.5 Å². The molecule has 2 N–H and O–H groups in total. The van der Waals surface area contributed by atoms with Crippen LogP contribution in [0.4, 0.5) is 0 Å². The smallest absolute Gasteiger partial charge is 0.335 e. The molecule has 4 aromatic rings. The molecule has 0 spiro atoms. The molecular weight excluding hydrogens is 490 g/mol. The van der Waals surface area contributed by atoms with Crippen molar-refractivity contribution < 1.29 is 24.6 Å². The molecule has 1 saturated heterocycles. The number of aromatic carboxylic acids is 1. The van der Waals surface area contributed by atoms with Crippen molar-refractivity contribution in [1.29, 1.82) is 0 Å². The molecule has 5 rings (SSSR count). The highest BCUT2D eigenvalue weighted by Gasteiger charge is 2.46. The number of aliphatic hydroxyl groups is 1. The molecule has 0 aromatic heterocycles. The molecule has 1 atom stereocenters. The SMILES string of the molecule is CC(C)(C)c1ccc(C2/C(=C(/O)c3ccc4ccccc4c3)C(=O)C(=O)N2Cc2ccc(C(=O)O)cc2)cc1. The van der Waals surface area contributed by atoms with Crippen LogP contribution in [-0.4, -0.2) is 32.8 Å². The van der Waals surface area contributed by atoms with Gasteiger partial charge in [0.2, 0.25) is 0 Å². The number of rotatable bonds is 5. The van der Waals surface area contributed by atoms with Crippen LogP contribution in [0.5, 0.6) is 0 Å². The largest absolute Gasteiger partial charge is 0.507 e. The van der Waals surface area contributed by atoms with Gasteiger partial charge in [-0.3, -0.25) is 9.59 Å². The number of Topliss-reactive ketones (excluding diaryl/α,β-unsaturated/α-hetero) is 1. The lowest BCUT2D eigenvalue weighted by molar-refractivity contribution is -0.140. The average Bonchev–Trinajstić information content (AvgIpc) is 3.17. The van der Waals surface area contributed by atoms with Gasteiger partial charge in [-0.15, -0.1) is 0 Å². The first kappa shape index (κ1) is 25.9. The third-order valence-corrected chi connectivity index (χ3v) is 7.21. The van der Waals surface area contributed by atoms with Gasteiger partial charge in [-0.05, 0) is 51.1 Å². The Bertz CT molecular complexity index is 1630. The molecule has 4 aromatic carbocycles. The Morgan fingerprint density at radius 1 is 0.795 bits per heavy atom. The van der Waals surface area contributed by atoms with Gasteiger partial charge in [0, 0.05) is 12.1 Å². The normalized spacial score (nSPS) is 17.1. The lowest BCUT2D eigenvalue weighted by atomic mass is 9.85. The zero-order valence-electron chi connectivity index (χ0n) is 22.0. The Labute approximate surface area is 226 Å². The van der Waals surface area contributed by atoms with Gasteiger partial charge >= 0.3 is 5.97 Å². The van der Waals surface area contributed by atoms with E-state index in [0.717, 1.165) is 16.3 Å². The van der Waals surface area contributed by atoms with E-state index < -0.39 is 23.7 Å². The van der Waals surface area contributed by atoms with Crippen LogP contribution in [0.2, 0.25) is 0 Å². The molecule has 0 radical (unpaired) electrons. The molecule has 6 heteroatoms. The van der Waals surface area contributed by atoms with Crippen molar-refractivity contribution in [3.05, 3.63) is 124 Å². The van der Waals surface area contributed by atoms with Crippen LogP contribution in [0.3, 0.4) is 0 Å². The molecule has 0 saturated carbocycles. The van der Waals surface area contributed by atoms with E-state index in [1.54, 1.807) is 18.2 Å². The Balaban J connectivity index is 1.63. The van der Waals surface area contributed by atoms with E-state index >= 15 is 0 Å². The first-order valence-electron chi connectivity index (χ1n) is 12.7. The van der Waals surface area contributed by atoms with Crippen LogP contribution < -0.4 is 0 Å². The summed E-state index contributed by atoms with van der Waals surface area (Å²) in [5.74, 6) is -2.75. The van der Waals surface area contributed by atoms with Crippen molar-refractivity contribution in [3.63, 3.8) is 0 Å². The minimum absolute atomic E-state index is 0.0287. The number of benzene rings is 4. The lowest BCUT2D eigenvalue weighted by Gasteiger charge is -2.26. The number of hydrogen-bond donors (Lipinski definition) is 2. The molecule has 6 nitrogen and oxygen atoms in total. The molecular formula is C33H29NO5. The summed E-state index contributed by atoms with van der Waals surface area (Å²) in [7, 11) is 0. The second-order valence-corrected chi connectivity index (χ2v) is 10.9. The minimum atomic E-state index is -1.05. The molecule has 1 amide bonds. The van der Waals surface area contributed by atoms with E-state index in [-0.39, 0.29) is 28.9 Å². The number of carbonyl (C=O) groups excluding carboxylic acids is 2. The van der Waals surface area contributed by atoms with Crippen LogP contribution in [0, 0.1) is 0 Å². The van der Waals surface area contributed by atoms with E-state index in [0.29, 0.717) is 16.7 Å². The van der Waals surface area contributed by atoms with Crippen molar-refractivity contribution in [2.45, 2.75) is 38.8 Å². The average molecular weight is 520 g/mol. The number of carboxylic acid groups (broad SMARTS) is 1. The highest BCUT2D eigenvalue weighted by Crippen LogP contribution is 2.41. The Morgan fingerprint density at radius 3 is 2.03 bits per heavy atom. The van der Waals surface area contributed by atoms with Gasteiger partial charge in [0.15, 0.2) is 0 Å². The molecule has 1 aliphatic rings. The number of likely N-dealkylation sites (tertiary alicyclic amines) is 1. The van der Waals surface area contributed by atoms with E-state index in [1.165, 1.54) is 17.0 Å². The van der Waals surface area contributed by atoms with Crippen molar-refractivity contribution >= 4 is 34.2 Å². The summed E-state index contributed by atoms with van der Waals surface area (Å²) < 4.78 is 0. The molecule has 1 unspecified atom stereocenters. The number of amides is 1. The second kappa shape index (κ2) is 9.87. The van der Waals surface area contributed by atoms with Crippen molar-refractivity contribution in [1.82, 2.24) is 4.90 Å². The third-order valence-electron chi connectivity index (χ3n) is 7.21. The fraction of sp³-hybridized carbons (Fsp3) is 0.182. The van der Waals surface area contributed by atoms with Crippen LogP contribution >= 0.6 is 0 Å². The number of nitrogens with zero attached hydrogens (tertiary/aromatic N) is 1. The van der Waals surface area contributed by atoms with Crippen molar-refractivity contribution in [2.75, 3.05) is 0 Å². The first-order valence-corrected chi connectivity index (χ1v) is 12.7. The summed E-state index contributed by atoms with van der Waals surface area (Å²) in [6, 6.07) is 26.3. The summed E-state index contributed by atoms with van der Waals surface area (Å²) >= 11 is 0. The van der Waals surface area contributed by atoms with Gasteiger partial charge in [0.05, 0.1) is 17.2 Å². The zero-order valence-corrected chi connectivity index (χ0v) is 22.0. The lowest BCUT2D eigenvalue weighted by Crippen LogP contribution is -2.29. The number of fused-ring (bicyclic) bond motifs is 1. The van der Waals surface area contributed by atoms with Crippen LogP contribution in [0.1, 0.15) is 59.4 Å². The van der Waals surface area contributed by atoms with Crippen LogP contribution in [0.15, 0.2) is 96.6 Å². The quantitative estimate of drug-likeness (QED) is 0.179. The summed E-state index contributed by atoms with van der Waals surface area (Å²) in [5, 5.41) is 22.6. The van der Waals surface area contributed by atoms with Gasteiger partial charge < -0.3 is 15.1 Å². The van der Waals surface area contributed by atoms with Gasteiger partial charge in [0.1, 0.15) is 5.76 Å². The molecule has 1 fully saturated rings. The Kier molecular flexibility index (Phi) is 6.56. The molecule has 0 aliphatic carbocycles. The van der Waals surface area contributed by atoms with E-state index in [4.69, 9.17) is 0 Å². The van der Waals surface area contributed by atoms with Gasteiger partial charge in [0.25, 0.3) is 11.7 Å². The fourth-order valence-electron chi connectivity index (χ4n) is 5.00. The maximum atomic E-state index is 13.5. The monoisotopic (exact) mass is 519 g/mol. The first-order chi connectivity index (χ1) is 18.5. The van der Waals surface area contributed by atoms with Gasteiger partial charge in [-0.2, -0.15) is 0 Å². The molecule has 1 heterocycles. The summed E-state index contributed by atoms with van der Waals surface area (Å²) in [5.41, 5.74) is 3.00. The van der Waals surface area contributed by atoms with E-state index in [9.17, 15) is 24.6 Å². The maximum absolute atomic E-state index is 13.5. The standard InChI is InChI=1S/C33H29NO5/c1-33(2,3)26-16-14-22(15-17-26)28-27(29(35)25-13-12-21-6-4-5-7-24(21)18-25)30(36)31(37)34(28)19-20-8-10-23(11-9-20)32(38)39/h4-18,28,35H,19H2,1-3H3,(H,38,39)/b29-27-. The molecule has 0 bridgehead atoms. The zero-order chi connectivity index (χ0) is 27.9. The third kappa shape index (κ3) is 4.93. The van der Waals surface area contributed by atoms with E-state index in [2.05, 4.69) is 20.8 Å². The fourth-order valence-corrected chi connectivity index (χ4v) is 5.00. The minimum Gasteiger partial charge on any atom is -0.507 e. The molecule has 39 heavy (non-hydrogen) atoms. The highest BCUT2D eigenvalue weighted by molar-refractivity contribution is 6.46. The topological polar surface area (TPSA) is 94.9 Å². The van der Waals surface area contributed by atoms with Crippen LogP contribution in [-0.2, 0) is 21.5 Å². The number of aliphatic hydroxyl groups excluding tert-OH is 1. The van der Waals surface area contributed by atoms with Crippen molar-refractivity contribution in [3.8, 4) is 0 Å². The van der Waals surface area contributed by atoms with E-state index in [1.807, 2.05) is 60.7 Å². The van der Waals surface area contributed by atoms with Crippen molar-refractivity contribution in [2.24, 2.45) is 0 Å². The maximum Gasteiger partial charge on any atom is 0.335 e. The summed E-state index contributed by atoms with van der Waals surface area (Å²) in [4.78, 5) is 39.6. The Morgan fingerprint density at radius 2 is 1.41 bits per heavy atom. The number of carbonyl (C=O) groups is 3. The predicted molar refractivity (Wildman–Crippen MR) is 150 cm³/mol. The number of hydrogen-bond acceptors (Lipinski definition) is 4. The number of ketones is 1. The number of carboxylic acids is 1. The molecule has 196 valence electrons.